The fraction of sp³-hybridized carbons (Fsp3) is 0.182. The largest absolute Gasteiger partial charge is 0.868 e. The SMILES string of the molecule is Cc1nc(C)c(C(=O)C2=C([O-])C(=O)N(Cc3ccc[nH+]c3)C2c2ccc(Cl)cc2)s1. The zero-order valence-corrected chi connectivity index (χ0v) is 17.9. The zero-order valence-electron chi connectivity index (χ0n) is 16.3. The molecule has 0 saturated carbocycles. The van der Waals surface area contributed by atoms with Crippen molar-refractivity contribution < 1.29 is 19.7 Å². The molecule has 30 heavy (non-hydrogen) atoms. The van der Waals surface area contributed by atoms with E-state index in [0.29, 0.717) is 21.2 Å². The smallest absolute Gasteiger partial charge is 0.240 e. The molecule has 1 amide bonds. The van der Waals surface area contributed by atoms with Crippen molar-refractivity contribution in [2.45, 2.75) is 26.4 Å². The van der Waals surface area contributed by atoms with Gasteiger partial charge in [0, 0.05) is 22.2 Å². The van der Waals surface area contributed by atoms with Gasteiger partial charge in [-0.05, 0) is 43.4 Å². The van der Waals surface area contributed by atoms with Gasteiger partial charge in [-0.25, -0.2) is 9.97 Å². The maximum absolute atomic E-state index is 13.4. The van der Waals surface area contributed by atoms with Gasteiger partial charge < -0.3 is 10.0 Å². The summed E-state index contributed by atoms with van der Waals surface area (Å²) in [5.41, 5.74) is 1.98. The Kier molecular flexibility index (Phi) is 5.40. The van der Waals surface area contributed by atoms with Crippen LogP contribution in [0.25, 0.3) is 0 Å². The Hall–Kier alpha value is -3.03. The predicted octanol–water partition coefficient (Wildman–Crippen LogP) is 2.81. The number of hydrogen-bond donors (Lipinski definition) is 0. The monoisotopic (exact) mass is 439 g/mol. The average Bonchev–Trinajstić information content (AvgIpc) is 3.20. The third-order valence-electron chi connectivity index (χ3n) is 4.95. The molecule has 0 radical (unpaired) electrons. The second-order valence-corrected chi connectivity index (χ2v) is 8.66. The molecule has 6 nitrogen and oxygen atoms in total. The number of thiazole rings is 1. The van der Waals surface area contributed by atoms with Crippen LogP contribution in [-0.4, -0.2) is 21.6 Å². The van der Waals surface area contributed by atoms with Gasteiger partial charge in [-0.1, -0.05) is 23.7 Å². The first-order valence-electron chi connectivity index (χ1n) is 9.28. The fourth-order valence-corrected chi connectivity index (χ4v) is 4.61. The van der Waals surface area contributed by atoms with Crippen molar-refractivity contribution in [1.82, 2.24) is 9.88 Å². The molecule has 0 saturated heterocycles. The molecular formula is C22H18ClN3O3S. The number of nitrogens with zero attached hydrogens (tertiary/aromatic N) is 2. The molecule has 2 aromatic heterocycles. The third kappa shape index (κ3) is 3.62. The molecule has 1 aliphatic rings. The summed E-state index contributed by atoms with van der Waals surface area (Å²) in [7, 11) is 0. The number of pyridine rings is 1. The highest BCUT2D eigenvalue weighted by atomic mass is 35.5. The fourth-order valence-electron chi connectivity index (χ4n) is 3.61. The van der Waals surface area contributed by atoms with Crippen molar-refractivity contribution in [3.05, 3.63) is 91.9 Å². The zero-order chi connectivity index (χ0) is 21.4. The molecule has 1 atom stereocenters. The van der Waals surface area contributed by atoms with Crippen molar-refractivity contribution in [3.63, 3.8) is 0 Å². The predicted molar refractivity (Wildman–Crippen MR) is 111 cm³/mol. The van der Waals surface area contributed by atoms with Crippen molar-refractivity contribution in [1.29, 1.82) is 0 Å². The van der Waals surface area contributed by atoms with Crippen molar-refractivity contribution in [2.24, 2.45) is 0 Å². The number of benzene rings is 1. The molecule has 4 rings (SSSR count). The van der Waals surface area contributed by atoms with Gasteiger partial charge >= 0.3 is 0 Å². The number of aromatic nitrogens is 2. The molecule has 1 N–H and O–H groups in total. The summed E-state index contributed by atoms with van der Waals surface area (Å²) in [6.07, 6.45) is 3.51. The third-order valence-corrected chi connectivity index (χ3v) is 6.27. The van der Waals surface area contributed by atoms with E-state index < -0.39 is 23.5 Å². The van der Waals surface area contributed by atoms with Crippen LogP contribution in [0, 0.1) is 13.8 Å². The van der Waals surface area contributed by atoms with Crippen LogP contribution >= 0.6 is 22.9 Å². The lowest BCUT2D eigenvalue weighted by Gasteiger charge is -2.27. The molecule has 1 aliphatic heterocycles. The quantitative estimate of drug-likeness (QED) is 0.572. The minimum Gasteiger partial charge on any atom is -0.868 e. The van der Waals surface area contributed by atoms with Gasteiger partial charge in [0.25, 0.3) is 0 Å². The van der Waals surface area contributed by atoms with E-state index in [-0.39, 0.29) is 12.1 Å². The first-order valence-corrected chi connectivity index (χ1v) is 10.5. The highest BCUT2D eigenvalue weighted by Crippen LogP contribution is 2.40. The Bertz CT molecular complexity index is 1160. The van der Waals surface area contributed by atoms with E-state index in [1.54, 1.807) is 50.5 Å². The van der Waals surface area contributed by atoms with Crippen LogP contribution in [0.1, 0.15) is 37.5 Å². The van der Waals surface area contributed by atoms with Crippen LogP contribution in [0.15, 0.2) is 60.1 Å². The molecule has 0 fully saturated rings. The van der Waals surface area contributed by atoms with Crippen LogP contribution in [0.3, 0.4) is 0 Å². The summed E-state index contributed by atoms with van der Waals surface area (Å²) < 4.78 is 0. The van der Waals surface area contributed by atoms with Crippen molar-refractivity contribution in [2.75, 3.05) is 0 Å². The van der Waals surface area contributed by atoms with Gasteiger partial charge in [-0.3, -0.25) is 9.59 Å². The van der Waals surface area contributed by atoms with Gasteiger partial charge in [-0.15, -0.1) is 11.3 Å². The average molecular weight is 440 g/mol. The number of halogens is 1. The van der Waals surface area contributed by atoms with E-state index in [9.17, 15) is 14.7 Å². The van der Waals surface area contributed by atoms with Crippen LogP contribution in [0.5, 0.6) is 0 Å². The maximum atomic E-state index is 13.4. The summed E-state index contributed by atoms with van der Waals surface area (Å²) >= 11 is 7.26. The van der Waals surface area contributed by atoms with Crippen molar-refractivity contribution in [3.8, 4) is 0 Å². The number of H-pyrrole nitrogens is 1. The Morgan fingerprint density at radius 2 is 2.00 bits per heavy atom. The van der Waals surface area contributed by atoms with Gasteiger partial charge in [-0.2, -0.15) is 0 Å². The van der Waals surface area contributed by atoms with E-state index in [1.165, 1.54) is 16.2 Å². The summed E-state index contributed by atoms with van der Waals surface area (Å²) in [5.74, 6) is -1.91. The highest BCUT2D eigenvalue weighted by Gasteiger charge is 2.40. The van der Waals surface area contributed by atoms with E-state index in [2.05, 4.69) is 9.97 Å². The topological polar surface area (TPSA) is 87.5 Å². The number of rotatable bonds is 5. The van der Waals surface area contributed by atoms with E-state index in [0.717, 1.165) is 10.6 Å². The minimum atomic E-state index is -0.795. The molecule has 3 aromatic rings. The number of aromatic amines is 1. The molecular weight excluding hydrogens is 422 g/mol. The first kappa shape index (κ1) is 20.3. The molecule has 0 aliphatic carbocycles. The maximum Gasteiger partial charge on any atom is 0.240 e. The van der Waals surface area contributed by atoms with Gasteiger partial charge in [0.15, 0.2) is 12.4 Å². The Balaban J connectivity index is 1.81. The number of nitrogens with one attached hydrogen (secondary N) is 1. The number of Topliss-reactive ketones (excluding diaryl/α,β-unsaturated/α-hetero) is 1. The van der Waals surface area contributed by atoms with Gasteiger partial charge in [0.1, 0.15) is 0 Å². The lowest BCUT2D eigenvalue weighted by atomic mass is 9.95. The molecule has 8 heteroatoms. The van der Waals surface area contributed by atoms with Crippen LogP contribution in [0.2, 0.25) is 5.02 Å². The lowest BCUT2D eigenvalue weighted by molar-refractivity contribution is -0.378. The summed E-state index contributed by atoms with van der Waals surface area (Å²) in [4.78, 5) is 35.4. The standard InChI is InChI=1S/C22H18ClN3O3S/c1-12-21(30-13(2)25-12)19(27)17-18(15-5-7-16(23)8-6-15)26(22(29)20(17)28)11-14-4-3-9-24-10-14/h3-10,18,28H,11H2,1-2H3. The molecule has 0 bridgehead atoms. The second kappa shape index (κ2) is 8.01. The minimum absolute atomic E-state index is 0.0472. The van der Waals surface area contributed by atoms with E-state index in [4.69, 9.17) is 11.6 Å². The molecule has 1 unspecified atom stereocenters. The number of amides is 1. The van der Waals surface area contributed by atoms with Crippen LogP contribution in [-0.2, 0) is 11.3 Å². The molecule has 3 heterocycles. The Morgan fingerprint density at radius 3 is 2.60 bits per heavy atom. The second-order valence-electron chi connectivity index (χ2n) is 7.02. The number of ketones is 1. The Morgan fingerprint density at radius 1 is 1.27 bits per heavy atom. The molecule has 1 aromatic carbocycles. The number of carbonyl (C=O) groups is 2. The molecule has 152 valence electrons. The summed E-state index contributed by atoms with van der Waals surface area (Å²) in [6.45, 7) is 3.72. The summed E-state index contributed by atoms with van der Waals surface area (Å²) in [6, 6.07) is 9.71. The summed E-state index contributed by atoms with van der Waals surface area (Å²) in [5, 5.41) is 14.2. The normalized spacial score (nSPS) is 16.4. The highest BCUT2D eigenvalue weighted by molar-refractivity contribution is 7.14. The van der Waals surface area contributed by atoms with Crippen molar-refractivity contribution >= 4 is 34.6 Å². The number of carbonyl (C=O) groups excluding carboxylic acids is 2. The van der Waals surface area contributed by atoms with Gasteiger partial charge in [0.2, 0.25) is 11.7 Å². The number of aryl methyl sites for hydroxylation is 2. The van der Waals surface area contributed by atoms with E-state index >= 15 is 0 Å². The van der Waals surface area contributed by atoms with Crippen LogP contribution in [0.4, 0.5) is 0 Å². The van der Waals surface area contributed by atoms with Crippen LogP contribution < -0.4 is 10.1 Å². The Labute approximate surface area is 182 Å². The van der Waals surface area contributed by atoms with Gasteiger partial charge in [0.05, 0.1) is 28.2 Å². The molecule has 0 spiro atoms. The van der Waals surface area contributed by atoms with E-state index in [1.807, 2.05) is 12.1 Å². The first-order chi connectivity index (χ1) is 14.4. The lowest BCUT2D eigenvalue weighted by Crippen LogP contribution is -2.32. The number of hydrogen-bond acceptors (Lipinski definition) is 5.